The summed E-state index contributed by atoms with van der Waals surface area (Å²) in [6, 6.07) is 4.78. The number of aliphatic imine (C=N–C) groups is 1. The van der Waals surface area contributed by atoms with Crippen LogP contribution in [0.1, 0.15) is 46.1 Å². The van der Waals surface area contributed by atoms with E-state index in [0.29, 0.717) is 45.3 Å². The SMILES string of the molecule is CCOC1(C2C=CC(c3cc4c(N5CCN(C(=O)OC6CN(C(C)=O)C6)CC5)ccnn4c3)=NC2)CCN(C(C)C)CC1. The number of carbonyl (C=O) groups is 2. The molecule has 11 nitrogen and oxygen atoms in total. The minimum atomic E-state index is -0.297. The number of nitrogens with zero attached hydrogens (tertiary/aromatic N) is 7. The molecule has 43 heavy (non-hydrogen) atoms. The number of dihydropyridines is 1. The summed E-state index contributed by atoms with van der Waals surface area (Å²) in [6.07, 6.45) is 9.93. The lowest BCUT2D eigenvalue weighted by molar-refractivity contribution is -0.139. The van der Waals surface area contributed by atoms with Crippen LogP contribution in [0.25, 0.3) is 5.52 Å². The summed E-state index contributed by atoms with van der Waals surface area (Å²) in [5, 5.41) is 4.58. The Morgan fingerprint density at radius 2 is 1.81 bits per heavy atom. The Balaban J connectivity index is 1.08. The van der Waals surface area contributed by atoms with E-state index in [1.807, 2.05) is 16.8 Å². The molecule has 3 fully saturated rings. The van der Waals surface area contributed by atoms with Crippen molar-refractivity contribution in [1.29, 1.82) is 0 Å². The molecule has 232 valence electrons. The molecule has 2 aromatic heterocycles. The van der Waals surface area contributed by atoms with Crippen molar-refractivity contribution >= 4 is 28.9 Å². The van der Waals surface area contributed by atoms with Gasteiger partial charge in [0.2, 0.25) is 5.91 Å². The topological polar surface area (TPSA) is 95.2 Å². The number of piperidine rings is 1. The minimum absolute atomic E-state index is 0.0154. The Morgan fingerprint density at radius 1 is 1.07 bits per heavy atom. The smallest absolute Gasteiger partial charge is 0.410 e. The molecule has 0 aliphatic carbocycles. The van der Waals surface area contributed by atoms with Crippen LogP contribution in [0.15, 0.2) is 41.7 Å². The van der Waals surface area contributed by atoms with Crippen LogP contribution in [0.2, 0.25) is 0 Å². The Hall–Kier alpha value is -3.44. The fourth-order valence-electron chi connectivity index (χ4n) is 6.90. The molecule has 1 atom stereocenters. The third-order valence-electron chi connectivity index (χ3n) is 9.65. The molecule has 4 aliphatic heterocycles. The number of anilines is 1. The number of hydrogen-bond acceptors (Lipinski definition) is 8. The van der Waals surface area contributed by atoms with Gasteiger partial charge in [-0.2, -0.15) is 5.10 Å². The second-order valence-electron chi connectivity index (χ2n) is 12.5. The highest BCUT2D eigenvalue weighted by Crippen LogP contribution is 2.37. The maximum Gasteiger partial charge on any atom is 0.410 e. The quantitative estimate of drug-likeness (QED) is 0.489. The highest BCUT2D eigenvalue weighted by molar-refractivity contribution is 6.10. The molecular weight excluding hydrogens is 546 g/mol. The maximum atomic E-state index is 12.7. The summed E-state index contributed by atoms with van der Waals surface area (Å²) in [5.74, 6) is 0.290. The number of fused-ring (bicyclic) bond motifs is 1. The summed E-state index contributed by atoms with van der Waals surface area (Å²) in [6.45, 7) is 15.3. The lowest BCUT2D eigenvalue weighted by atomic mass is 9.77. The van der Waals surface area contributed by atoms with Crippen molar-refractivity contribution in [3.63, 3.8) is 0 Å². The molecule has 1 unspecified atom stereocenters. The highest BCUT2D eigenvalue weighted by atomic mass is 16.6. The van der Waals surface area contributed by atoms with Crippen LogP contribution in [-0.4, -0.2) is 125 Å². The van der Waals surface area contributed by atoms with Gasteiger partial charge < -0.3 is 29.1 Å². The molecule has 0 saturated carbocycles. The molecule has 2 aromatic rings. The van der Waals surface area contributed by atoms with Crippen molar-refractivity contribution in [3.8, 4) is 0 Å². The Labute approximate surface area is 254 Å². The van der Waals surface area contributed by atoms with E-state index in [1.54, 1.807) is 9.80 Å². The minimum Gasteiger partial charge on any atom is -0.442 e. The van der Waals surface area contributed by atoms with E-state index in [2.05, 4.69) is 60.1 Å². The first-order valence-electron chi connectivity index (χ1n) is 15.8. The number of amides is 2. The van der Waals surface area contributed by atoms with Crippen LogP contribution in [0.5, 0.6) is 0 Å². The summed E-state index contributed by atoms with van der Waals surface area (Å²) >= 11 is 0. The van der Waals surface area contributed by atoms with Gasteiger partial charge in [0.05, 0.1) is 35.6 Å². The van der Waals surface area contributed by atoms with Gasteiger partial charge in [0.15, 0.2) is 0 Å². The zero-order chi connectivity index (χ0) is 30.1. The van der Waals surface area contributed by atoms with E-state index in [4.69, 9.17) is 14.5 Å². The average Bonchev–Trinajstić information content (AvgIpc) is 3.44. The monoisotopic (exact) mass is 591 g/mol. The fraction of sp³-hybridized carbons (Fsp3) is 0.625. The van der Waals surface area contributed by atoms with Crippen LogP contribution in [0, 0.1) is 5.92 Å². The van der Waals surface area contributed by atoms with E-state index in [1.165, 1.54) is 6.92 Å². The number of likely N-dealkylation sites (tertiary alicyclic amines) is 2. The molecule has 0 radical (unpaired) electrons. The highest BCUT2D eigenvalue weighted by Gasteiger charge is 2.42. The fourth-order valence-corrected chi connectivity index (χ4v) is 6.90. The molecule has 6 heterocycles. The Morgan fingerprint density at radius 3 is 2.44 bits per heavy atom. The predicted molar refractivity (Wildman–Crippen MR) is 166 cm³/mol. The van der Waals surface area contributed by atoms with Gasteiger partial charge in [-0.25, -0.2) is 9.31 Å². The van der Waals surface area contributed by atoms with E-state index < -0.39 is 0 Å². The van der Waals surface area contributed by atoms with Crippen molar-refractivity contribution in [3.05, 3.63) is 42.2 Å². The number of ether oxygens (including phenoxy) is 2. The van der Waals surface area contributed by atoms with Crippen LogP contribution in [-0.2, 0) is 14.3 Å². The summed E-state index contributed by atoms with van der Waals surface area (Å²) in [5.41, 5.74) is 4.00. The van der Waals surface area contributed by atoms with Gasteiger partial charge in [-0.3, -0.25) is 9.79 Å². The van der Waals surface area contributed by atoms with Crippen molar-refractivity contribution in [2.24, 2.45) is 10.9 Å². The molecule has 0 spiro atoms. The summed E-state index contributed by atoms with van der Waals surface area (Å²) < 4.78 is 14.0. The molecule has 0 N–H and O–H groups in total. The van der Waals surface area contributed by atoms with Gasteiger partial charge in [0.25, 0.3) is 0 Å². The van der Waals surface area contributed by atoms with Gasteiger partial charge >= 0.3 is 6.09 Å². The molecule has 0 bridgehead atoms. The number of piperazine rings is 1. The molecule has 2 amide bonds. The average molecular weight is 592 g/mol. The second-order valence-corrected chi connectivity index (χ2v) is 12.5. The predicted octanol–water partition coefficient (Wildman–Crippen LogP) is 3.08. The number of hydrogen-bond donors (Lipinski definition) is 0. The molecular formula is C32H45N7O4. The van der Waals surface area contributed by atoms with E-state index in [-0.39, 0.29) is 29.6 Å². The van der Waals surface area contributed by atoms with Crippen molar-refractivity contribution in [2.45, 2.75) is 58.3 Å². The zero-order valence-electron chi connectivity index (χ0n) is 25.9. The molecule has 6 rings (SSSR count). The van der Waals surface area contributed by atoms with Crippen LogP contribution >= 0.6 is 0 Å². The molecule has 0 aromatic carbocycles. The molecule has 11 heteroatoms. The Kier molecular flexibility index (Phi) is 8.46. The molecule has 4 aliphatic rings. The maximum absolute atomic E-state index is 12.7. The third kappa shape index (κ3) is 6.02. The number of carbonyl (C=O) groups excluding carboxylic acids is 2. The Bertz CT molecular complexity index is 1380. The van der Waals surface area contributed by atoms with Crippen molar-refractivity contribution < 1.29 is 19.1 Å². The molecule has 3 saturated heterocycles. The normalized spacial score (nSPS) is 23.0. The van der Waals surface area contributed by atoms with Gasteiger partial charge in [-0.15, -0.1) is 0 Å². The number of allylic oxidation sites excluding steroid dienone is 1. The first kappa shape index (κ1) is 29.6. The van der Waals surface area contributed by atoms with Crippen LogP contribution in [0.4, 0.5) is 10.5 Å². The van der Waals surface area contributed by atoms with Crippen LogP contribution < -0.4 is 4.90 Å². The van der Waals surface area contributed by atoms with E-state index >= 15 is 0 Å². The van der Waals surface area contributed by atoms with Crippen molar-refractivity contribution in [1.82, 2.24) is 24.3 Å². The van der Waals surface area contributed by atoms with E-state index in [0.717, 1.165) is 61.6 Å². The first-order valence-corrected chi connectivity index (χ1v) is 15.8. The zero-order valence-corrected chi connectivity index (χ0v) is 25.9. The standard InChI is InChI=1S/C32H45N7O4/c1-5-42-32(9-12-35(13-10-32)23(2)3)26-6-7-28(33-19-26)25-18-30-29(8-11-34-39(30)20-25)36-14-16-37(17-15-36)31(41)43-27-21-38(22-27)24(4)40/h6-8,11,18,20,23,26-27H,5,9-10,12-17,19,21-22H2,1-4H3. The van der Waals surface area contributed by atoms with Crippen LogP contribution in [0.3, 0.4) is 0 Å². The first-order chi connectivity index (χ1) is 20.8. The lowest BCUT2D eigenvalue weighted by Gasteiger charge is -2.46. The van der Waals surface area contributed by atoms with Crippen molar-refractivity contribution in [2.75, 3.05) is 70.4 Å². The van der Waals surface area contributed by atoms with Gasteiger partial charge in [-0.1, -0.05) is 6.08 Å². The second kappa shape index (κ2) is 12.3. The van der Waals surface area contributed by atoms with E-state index in [9.17, 15) is 9.59 Å². The number of aromatic nitrogens is 2. The summed E-state index contributed by atoms with van der Waals surface area (Å²) in [4.78, 5) is 37.4. The van der Waals surface area contributed by atoms with Gasteiger partial charge in [0.1, 0.15) is 6.10 Å². The van der Waals surface area contributed by atoms with Gasteiger partial charge in [-0.05, 0) is 51.8 Å². The van der Waals surface area contributed by atoms with Gasteiger partial charge in [0, 0.05) is 89.3 Å². The largest absolute Gasteiger partial charge is 0.442 e. The third-order valence-corrected chi connectivity index (χ3v) is 9.65. The number of rotatable bonds is 7. The lowest BCUT2D eigenvalue weighted by Crippen LogP contribution is -2.57. The summed E-state index contributed by atoms with van der Waals surface area (Å²) in [7, 11) is 0.